The van der Waals surface area contributed by atoms with E-state index in [1.54, 1.807) is 24.3 Å². The van der Waals surface area contributed by atoms with Crippen molar-refractivity contribution in [3.63, 3.8) is 0 Å². The van der Waals surface area contributed by atoms with Crippen LogP contribution in [0, 0.1) is 19.3 Å². The third-order valence-corrected chi connectivity index (χ3v) is 4.32. The summed E-state index contributed by atoms with van der Waals surface area (Å²) in [5.41, 5.74) is 2.66. The van der Waals surface area contributed by atoms with Crippen LogP contribution in [-0.4, -0.2) is 18.4 Å². The molecule has 0 aliphatic heterocycles. The fourth-order valence-electron chi connectivity index (χ4n) is 2.45. The molecule has 2 rings (SSSR count). The molecule has 2 amide bonds. The molecule has 0 atom stereocenters. The summed E-state index contributed by atoms with van der Waals surface area (Å²) < 4.78 is 6.67. The zero-order chi connectivity index (χ0) is 20.2. The van der Waals surface area contributed by atoms with E-state index in [0.29, 0.717) is 17.1 Å². The summed E-state index contributed by atoms with van der Waals surface area (Å²) in [6.07, 6.45) is 0. The van der Waals surface area contributed by atoms with Crippen molar-refractivity contribution in [1.29, 1.82) is 0 Å². The van der Waals surface area contributed by atoms with Crippen molar-refractivity contribution in [2.24, 2.45) is 5.41 Å². The molecule has 27 heavy (non-hydrogen) atoms. The first-order valence-corrected chi connectivity index (χ1v) is 9.46. The standard InChI is InChI=1S/C21H25BrN2O3/c1-13-9-15(22)10-14(2)19(13)27-12-18(25)23-16-7-6-8-17(11-16)24-20(26)21(3,4)5/h6-11H,12H2,1-5H3,(H,23,25)(H,24,26). The van der Waals surface area contributed by atoms with E-state index < -0.39 is 5.41 Å². The van der Waals surface area contributed by atoms with E-state index in [1.165, 1.54) is 0 Å². The SMILES string of the molecule is Cc1cc(Br)cc(C)c1OCC(=O)Nc1cccc(NC(=O)C(C)(C)C)c1. The van der Waals surface area contributed by atoms with E-state index in [9.17, 15) is 9.59 Å². The first-order chi connectivity index (χ1) is 12.6. The van der Waals surface area contributed by atoms with Gasteiger partial charge in [0.2, 0.25) is 5.91 Å². The van der Waals surface area contributed by atoms with Crippen molar-refractivity contribution in [2.45, 2.75) is 34.6 Å². The quantitative estimate of drug-likeness (QED) is 0.692. The van der Waals surface area contributed by atoms with Crippen LogP contribution >= 0.6 is 15.9 Å². The Morgan fingerprint density at radius 2 is 1.56 bits per heavy atom. The monoisotopic (exact) mass is 432 g/mol. The lowest BCUT2D eigenvalue weighted by atomic mass is 9.95. The summed E-state index contributed by atoms with van der Waals surface area (Å²) in [4.78, 5) is 24.3. The van der Waals surface area contributed by atoms with Gasteiger partial charge in [-0.1, -0.05) is 42.8 Å². The smallest absolute Gasteiger partial charge is 0.262 e. The van der Waals surface area contributed by atoms with Crippen LogP contribution < -0.4 is 15.4 Å². The Kier molecular flexibility index (Phi) is 6.65. The number of nitrogens with one attached hydrogen (secondary N) is 2. The summed E-state index contributed by atoms with van der Waals surface area (Å²) in [6, 6.07) is 10.9. The van der Waals surface area contributed by atoms with E-state index in [2.05, 4.69) is 26.6 Å². The molecule has 0 bridgehead atoms. The van der Waals surface area contributed by atoms with E-state index >= 15 is 0 Å². The average Bonchev–Trinajstić information content (AvgIpc) is 2.53. The number of ether oxygens (including phenoxy) is 1. The van der Waals surface area contributed by atoms with Crippen LogP contribution in [0.2, 0.25) is 0 Å². The zero-order valence-corrected chi connectivity index (χ0v) is 17.9. The maximum atomic E-state index is 12.2. The van der Waals surface area contributed by atoms with Gasteiger partial charge in [0.1, 0.15) is 5.75 Å². The highest BCUT2D eigenvalue weighted by atomic mass is 79.9. The zero-order valence-electron chi connectivity index (χ0n) is 16.3. The van der Waals surface area contributed by atoms with Crippen molar-refractivity contribution in [3.8, 4) is 5.75 Å². The van der Waals surface area contributed by atoms with Crippen molar-refractivity contribution >= 4 is 39.1 Å². The number of carbonyl (C=O) groups is 2. The molecule has 2 aromatic carbocycles. The fourth-order valence-corrected chi connectivity index (χ4v) is 3.14. The summed E-state index contributed by atoms with van der Waals surface area (Å²) in [7, 11) is 0. The van der Waals surface area contributed by atoms with Crippen molar-refractivity contribution in [1.82, 2.24) is 0 Å². The second-order valence-corrected chi connectivity index (χ2v) is 8.41. The maximum Gasteiger partial charge on any atom is 0.262 e. The minimum Gasteiger partial charge on any atom is -0.483 e. The van der Waals surface area contributed by atoms with Crippen LogP contribution in [0.3, 0.4) is 0 Å². The molecule has 0 fully saturated rings. The predicted octanol–water partition coefficient (Wildman–Crippen LogP) is 5.07. The second-order valence-electron chi connectivity index (χ2n) is 7.49. The number of hydrogen-bond acceptors (Lipinski definition) is 3. The Labute approximate surface area is 168 Å². The van der Waals surface area contributed by atoms with Crippen molar-refractivity contribution < 1.29 is 14.3 Å². The largest absolute Gasteiger partial charge is 0.483 e. The summed E-state index contributed by atoms with van der Waals surface area (Å²) >= 11 is 3.44. The number of rotatable bonds is 5. The molecule has 0 aliphatic carbocycles. The summed E-state index contributed by atoms with van der Waals surface area (Å²) in [5, 5.41) is 5.64. The highest BCUT2D eigenvalue weighted by Crippen LogP contribution is 2.27. The van der Waals surface area contributed by atoms with Crippen LogP contribution in [0.4, 0.5) is 11.4 Å². The van der Waals surface area contributed by atoms with Gasteiger partial charge >= 0.3 is 0 Å². The van der Waals surface area contributed by atoms with E-state index in [0.717, 1.165) is 15.6 Å². The molecule has 0 radical (unpaired) electrons. The molecular formula is C21H25BrN2O3. The van der Waals surface area contributed by atoms with Gasteiger partial charge in [0.15, 0.2) is 6.61 Å². The third-order valence-electron chi connectivity index (χ3n) is 3.86. The van der Waals surface area contributed by atoms with Gasteiger partial charge < -0.3 is 15.4 Å². The molecule has 0 heterocycles. The van der Waals surface area contributed by atoms with Gasteiger partial charge in [-0.15, -0.1) is 0 Å². The number of hydrogen-bond donors (Lipinski definition) is 2. The Balaban J connectivity index is 1.98. The highest BCUT2D eigenvalue weighted by Gasteiger charge is 2.21. The van der Waals surface area contributed by atoms with E-state index in [-0.39, 0.29) is 18.4 Å². The summed E-state index contributed by atoms with van der Waals surface area (Å²) in [6.45, 7) is 9.31. The number of anilines is 2. The lowest BCUT2D eigenvalue weighted by molar-refractivity contribution is -0.123. The molecule has 0 unspecified atom stereocenters. The molecule has 6 heteroatoms. The highest BCUT2D eigenvalue weighted by molar-refractivity contribution is 9.10. The van der Waals surface area contributed by atoms with Gasteiger partial charge in [0.05, 0.1) is 0 Å². The average molecular weight is 433 g/mol. The van der Waals surface area contributed by atoms with Gasteiger partial charge in [-0.05, 0) is 55.3 Å². The molecule has 0 saturated carbocycles. The Bertz CT molecular complexity index is 834. The lowest BCUT2D eigenvalue weighted by Crippen LogP contribution is -2.27. The molecule has 2 N–H and O–H groups in total. The van der Waals surface area contributed by atoms with Gasteiger partial charge in [0.25, 0.3) is 5.91 Å². The molecule has 0 spiro atoms. The maximum absolute atomic E-state index is 12.2. The Morgan fingerprint density at radius 1 is 1.00 bits per heavy atom. The Hall–Kier alpha value is -2.34. The van der Waals surface area contributed by atoms with Crippen LogP contribution in [0.5, 0.6) is 5.75 Å². The summed E-state index contributed by atoms with van der Waals surface area (Å²) in [5.74, 6) is 0.353. The number of halogens is 1. The van der Waals surface area contributed by atoms with Gasteiger partial charge in [-0.25, -0.2) is 0 Å². The van der Waals surface area contributed by atoms with Gasteiger partial charge in [-0.3, -0.25) is 9.59 Å². The van der Waals surface area contributed by atoms with E-state index in [1.807, 2.05) is 46.8 Å². The first kappa shape index (κ1) is 21.0. The lowest BCUT2D eigenvalue weighted by Gasteiger charge is -2.18. The van der Waals surface area contributed by atoms with Crippen LogP contribution in [-0.2, 0) is 9.59 Å². The number of amides is 2. The Morgan fingerprint density at radius 3 is 2.11 bits per heavy atom. The fraction of sp³-hybridized carbons (Fsp3) is 0.333. The second kappa shape index (κ2) is 8.57. The van der Waals surface area contributed by atoms with Crippen molar-refractivity contribution in [3.05, 3.63) is 52.0 Å². The minimum atomic E-state index is -0.493. The van der Waals surface area contributed by atoms with Crippen LogP contribution in [0.25, 0.3) is 0 Å². The topological polar surface area (TPSA) is 67.4 Å². The minimum absolute atomic E-state index is 0.0875. The number of carbonyl (C=O) groups excluding carboxylic acids is 2. The first-order valence-electron chi connectivity index (χ1n) is 8.67. The molecule has 5 nitrogen and oxygen atoms in total. The van der Waals surface area contributed by atoms with Crippen molar-refractivity contribution in [2.75, 3.05) is 17.2 Å². The molecule has 0 aliphatic rings. The van der Waals surface area contributed by atoms with Gasteiger partial charge in [0, 0.05) is 21.3 Å². The number of aryl methyl sites for hydroxylation is 2. The molecule has 0 aromatic heterocycles. The van der Waals surface area contributed by atoms with E-state index in [4.69, 9.17) is 4.74 Å². The van der Waals surface area contributed by atoms with Crippen LogP contribution in [0.15, 0.2) is 40.9 Å². The normalized spacial score (nSPS) is 11.0. The van der Waals surface area contributed by atoms with Gasteiger partial charge in [-0.2, -0.15) is 0 Å². The molecule has 144 valence electrons. The number of benzene rings is 2. The molecule has 0 saturated heterocycles. The third kappa shape index (κ3) is 6.10. The molecule has 2 aromatic rings. The van der Waals surface area contributed by atoms with Crippen LogP contribution in [0.1, 0.15) is 31.9 Å². The molecular weight excluding hydrogens is 408 g/mol. The predicted molar refractivity (Wildman–Crippen MR) is 112 cm³/mol.